The van der Waals surface area contributed by atoms with E-state index in [2.05, 4.69) is 31.4 Å². The Balaban J connectivity index is 1.71. The quantitative estimate of drug-likeness (QED) is 0.607. The summed E-state index contributed by atoms with van der Waals surface area (Å²) in [6, 6.07) is 7.62. The molecule has 0 radical (unpaired) electrons. The molecule has 5 heteroatoms. The van der Waals surface area contributed by atoms with Crippen LogP contribution < -0.4 is 16.3 Å². The third kappa shape index (κ3) is 4.40. The van der Waals surface area contributed by atoms with Gasteiger partial charge in [0.2, 0.25) is 0 Å². The highest BCUT2D eigenvalue weighted by atomic mass is 32.1. The molecule has 4 nitrogen and oxygen atoms in total. The molecule has 1 heterocycles. The van der Waals surface area contributed by atoms with Crippen LogP contribution in [0.2, 0.25) is 0 Å². The van der Waals surface area contributed by atoms with Crippen molar-refractivity contribution in [3.05, 3.63) is 40.2 Å². The van der Waals surface area contributed by atoms with Gasteiger partial charge in [0.1, 0.15) is 5.58 Å². The first-order valence-electron chi connectivity index (χ1n) is 8.84. The van der Waals surface area contributed by atoms with E-state index in [1.165, 1.54) is 12.5 Å². The summed E-state index contributed by atoms with van der Waals surface area (Å²) in [5.74, 6) is 0.696. The fourth-order valence-corrected chi connectivity index (χ4v) is 4.50. The monoisotopic (exact) mass is 358 g/mol. The molecule has 0 spiro atoms. The maximum absolute atomic E-state index is 11.6. The van der Waals surface area contributed by atoms with Crippen molar-refractivity contribution in [1.82, 2.24) is 5.32 Å². The molecule has 0 aliphatic heterocycles. The number of anilines is 1. The number of fused-ring (bicyclic) bond motifs is 1. The Hall–Kier alpha value is -1.88. The van der Waals surface area contributed by atoms with Crippen LogP contribution in [0.5, 0.6) is 0 Å². The summed E-state index contributed by atoms with van der Waals surface area (Å²) in [7, 11) is 0. The van der Waals surface area contributed by atoms with Crippen LogP contribution in [0.4, 0.5) is 5.69 Å². The highest BCUT2D eigenvalue weighted by Crippen LogP contribution is 2.38. The van der Waals surface area contributed by atoms with Gasteiger partial charge in [0.05, 0.1) is 0 Å². The Bertz CT molecular complexity index is 856. The van der Waals surface area contributed by atoms with Gasteiger partial charge in [-0.2, -0.15) is 0 Å². The second kappa shape index (κ2) is 6.79. The van der Waals surface area contributed by atoms with E-state index < -0.39 is 0 Å². The number of nitrogens with one attached hydrogen (secondary N) is 2. The normalized spacial score (nSPS) is 22.6. The first-order chi connectivity index (χ1) is 11.7. The lowest BCUT2D eigenvalue weighted by atomic mass is 9.71. The molecule has 134 valence electrons. The first-order valence-corrected chi connectivity index (χ1v) is 9.25. The predicted molar refractivity (Wildman–Crippen MR) is 107 cm³/mol. The summed E-state index contributed by atoms with van der Waals surface area (Å²) < 4.78 is 5.30. The zero-order valence-corrected chi connectivity index (χ0v) is 16.1. The number of hydrogen-bond acceptors (Lipinski definition) is 3. The van der Waals surface area contributed by atoms with E-state index in [-0.39, 0.29) is 5.63 Å². The summed E-state index contributed by atoms with van der Waals surface area (Å²) in [6.07, 6.45) is 3.51. The Kier molecular flexibility index (Phi) is 4.87. The van der Waals surface area contributed by atoms with Crippen LogP contribution in [0, 0.1) is 18.3 Å². The molecule has 2 atom stereocenters. The molecule has 1 aliphatic carbocycles. The third-order valence-electron chi connectivity index (χ3n) is 4.93. The van der Waals surface area contributed by atoms with Crippen LogP contribution in [-0.4, -0.2) is 11.2 Å². The van der Waals surface area contributed by atoms with E-state index in [1.807, 2.05) is 25.1 Å². The van der Waals surface area contributed by atoms with Gasteiger partial charge >= 0.3 is 5.63 Å². The minimum atomic E-state index is -0.332. The molecule has 2 N–H and O–H groups in total. The summed E-state index contributed by atoms with van der Waals surface area (Å²) in [6.45, 7) is 8.85. The second-order valence-electron chi connectivity index (χ2n) is 8.17. The van der Waals surface area contributed by atoms with Crippen molar-refractivity contribution in [2.45, 2.75) is 53.0 Å². The molecular weight excluding hydrogens is 332 g/mol. The Morgan fingerprint density at radius 1 is 1.28 bits per heavy atom. The lowest BCUT2D eigenvalue weighted by Gasteiger charge is -2.39. The minimum Gasteiger partial charge on any atom is -0.423 e. The molecule has 2 unspecified atom stereocenters. The fraction of sp³-hybridized carbons (Fsp3) is 0.500. The van der Waals surface area contributed by atoms with Gasteiger partial charge in [-0.05, 0) is 67.4 Å². The van der Waals surface area contributed by atoms with Gasteiger partial charge in [-0.15, -0.1) is 0 Å². The van der Waals surface area contributed by atoms with Gasteiger partial charge < -0.3 is 15.1 Å². The maximum atomic E-state index is 11.6. The van der Waals surface area contributed by atoms with E-state index in [1.54, 1.807) is 0 Å². The molecule has 1 aliphatic rings. The number of thiocarbonyl (C=S) groups is 1. The summed E-state index contributed by atoms with van der Waals surface area (Å²) in [5, 5.41) is 8.22. The van der Waals surface area contributed by atoms with Crippen molar-refractivity contribution in [3.63, 3.8) is 0 Å². The number of aryl methyl sites for hydroxylation is 1. The summed E-state index contributed by atoms with van der Waals surface area (Å²) in [4.78, 5) is 11.6. The average Bonchev–Trinajstić information content (AvgIpc) is 2.43. The SMILES string of the molecule is Cc1cc(=O)oc2cc(NC(=S)NC3CC(C)CC(C)(C)C3)ccc12. The molecule has 0 amide bonds. The number of rotatable bonds is 2. The number of hydrogen-bond donors (Lipinski definition) is 2. The topological polar surface area (TPSA) is 54.3 Å². The van der Waals surface area contributed by atoms with Crippen LogP contribution >= 0.6 is 12.2 Å². The van der Waals surface area contributed by atoms with Gasteiger partial charge in [0.25, 0.3) is 0 Å². The van der Waals surface area contributed by atoms with Gasteiger partial charge in [0.15, 0.2) is 5.11 Å². The smallest absolute Gasteiger partial charge is 0.336 e. The predicted octanol–water partition coefficient (Wildman–Crippen LogP) is 4.60. The minimum absolute atomic E-state index is 0.332. The largest absolute Gasteiger partial charge is 0.423 e. The molecule has 25 heavy (non-hydrogen) atoms. The van der Waals surface area contributed by atoms with E-state index in [9.17, 15) is 4.79 Å². The molecule has 0 bridgehead atoms. The molecule has 1 saturated carbocycles. The van der Waals surface area contributed by atoms with Crippen molar-refractivity contribution in [3.8, 4) is 0 Å². The van der Waals surface area contributed by atoms with Crippen molar-refractivity contribution in [2.75, 3.05) is 5.32 Å². The van der Waals surface area contributed by atoms with Crippen molar-refractivity contribution < 1.29 is 4.42 Å². The van der Waals surface area contributed by atoms with Crippen LogP contribution in [-0.2, 0) is 0 Å². The van der Waals surface area contributed by atoms with Crippen LogP contribution in [0.15, 0.2) is 33.5 Å². The Morgan fingerprint density at radius 3 is 2.76 bits per heavy atom. The molecule has 2 aromatic rings. The highest BCUT2D eigenvalue weighted by molar-refractivity contribution is 7.80. The van der Waals surface area contributed by atoms with Gasteiger partial charge in [-0.1, -0.05) is 20.8 Å². The molecule has 1 aromatic carbocycles. The van der Waals surface area contributed by atoms with Crippen LogP contribution in [0.3, 0.4) is 0 Å². The molecule has 3 rings (SSSR count). The highest BCUT2D eigenvalue weighted by Gasteiger charge is 2.32. The lowest BCUT2D eigenvalue weighted by molar-refractivity contribution is 0.162. The van der Waals surface area contributed by atoms with E-state index in [0.717, 1.165) is 29.5 Å². The van der Waals surface area contributed by atoms with Gasteiger partial charge in [0, 0.05) is 29.2 Å². The second-order valence-corrected chi connectivity index (χ2v) is 8.58. The zero-order chi connectivity index (χ0) is 18.2. The van der Waals surface area contributed by atoms with Crippen LogP contribution in [0.25, 0.3) is 11.0 Å². The van der Waals surface area contributed by atoms with E-state index >= 15 is 0 Å². The Morgan fingerprint density at radius 2 is 2.04 bits per heavy atom. The van der Waals surface area contributed by atoms with Gasteiger partial charge in [-0.25, -0.2) is 4.79 Å². The molecule has 1 aromatic heterocycles. The summed E-state index contributed by atoms with van der Waals surface area (Å²) in [5.41, 5.74) is 2.32. The van der Waals surface area contributed by atoms with Crippen molar-refractivity contribution >= 4 is 34.0 Å². The van der Waals surface area contributed by atoms with Gasteiger partial charge in [-0.3, -0.25) is 0 Å². The Labute approximate surface area is 154 Å². The van der Waals surface area contributed by atoms with E-state index in [4.69, 9.17) is 16.6 Å². The number of benzene rings is 1. The lowest BCUT2D eigenvalue weighted by Crippen LogP contribution is -2.44. The molecular formula is C20H26N2O2S. The van der Waals surface area contributed by atoms with Crippen LogP contribution in [0.1, 0.15) is 45.6 Å². The van der Waals surface area contributed by atoms with Crippen molar-refractivity contribution in [1.29, 1.82) is 0 Å². The maximum Gasteiger partial charge on any atom is 0.336 e. The molecule has 0 saturated heterocycles. The third-order valence-corrected chi connectivity index (χ3v) is 5.15. The first kappa shape index (κ1) is 17.9. The fourth-order valence-electron chi connectivity index (χ4n) is 4.21. The zero-order valence-electron chi connectivity index (χ0n) is 15.3. The summed E-state index contributed by atoms with van der Waals surface area (Å²) >= 11 is 5.49. The molecule has 1 fully saturated rings. The standard InChI is InChI=1S/C20H26N2O2S/c1-12-7-15(11-20(3,4)10-12)22-19(25)21-14-5-6-16-13(2)8-18(23)24-17(16)9-14/h5-6,8-9,12,15H,7,10-11H2,1-4H3,(H2,21,22,25). The van der Waals surface area contributed by atoms with Crippen molar-refractivity contribution in [2.24, 2.45) is 11.3 Å². The average molecular weight is 359 g/mol. The van der Waals surface area contributed by atoms with E-state index in [0.29, 0.717) is 28.1 Å².